The molecule has 1 aliphatic rings. The maximum Gasteiger partial charge on any atom is 0.335 e. The Balaban J connectivity index is 2.12. The van der Waals surface area contributed by atoms with Gasteiger partial charge in [0, 0.05) is 0 Å². The molecule has 0 aromatic heterocycles. The van der Waals surface area contributed by atoms with Gasteiger partial charge in [-0.15, -0.1) is 0 Å². The number of rotatable bonds is 2. The molecule has 1 heterocycles. The third-order valence-corrected chi connectivity index (χ3v) is 3.65. The van der Waals surface area contributed by atoms with E-state index in [2.05, 4.69) is 0 Å². The summed E-state index contributed by atoms with van der Waals surface area (Å²) in [6.45, 7) is 4.87. The molecule has 0 saturated carbocycles. The molecule has 0 spiro atoms. The summed E-state index contributed by atoms with van der Waals surface area (Å²) in [7, 11) is 0. The zero-order valence-electron chi connectivity index (χ0n) is 12.0. The fourth-order valence-electron chi connectivity index (χ4n) is 2.60. The van der Waals surface area contributed by atoms with Crippen LogP contribution in [0.1, 0.15) is 21.5 Å². The average Bonchev–Trinajstić information content (AvgIpc) is 2.46. The molecule has 0 fully saturated rings. The number of aryl methyl sites for hydroxylation is 2. The number of ether oxygens (including phenoxy) is 2. The van der Waals surface area contributed by atoms with E-state index in [1.165, 1.54) is 0 Å². The van der Waals surface area contributed by atoms with E-state index in [-0.39, 0.29) is 0 Å². The highest BCUT2D eigenvalue weighted by Crippen LogP contribution is 2.36. The molecule has 2 aromatic carbocycles. The zero-order chi connectivity index (χ0) is 15.0. The molecular weight excluding hydrogens is 268 g/mol. The normalized spacial score (nSPS) is 13.0. The number of hydrogen-bond donors (Lipinski definition) is 1. The van der Waals surface area contributed by atoms with Crippen LogP contribution in [0, 0.1) is 13.8 Å². The first kappa shape index (κ1) is 13.5. The topological polar surface area (TPSA) is 55.8 Å². The maximum atomic E-state index is 11.3. The highest BCUT2D eigenvalue weighted by atomic mass is 16.6. The molecule has 3 rings (SSSR count). The van der Waals surface area contributed by atoms with Crippen molar-refractivity contribution in [2.75, 3.05) is 13.2 Å². The summed E-state index contributed by atoms with van der Waals surface area (Å²) >= 11 is 0. The molecule has 0 unspecified atom stereocenters. The Morgan fingerprint density at radius 2 is 1.71 bits per heavy atom. The molecule has 1 N–H and O–H groups in total. The third-order valence-electron chi connectivity index (χ3n) is 3.65. The van der Waals surface area contributed by atoms with E-state index >= 15 is 0 Å². The monoisotopic (exact) mass is 284 g/mol. The van der Waals surface area contributed by atoms with Crippen molar-refractivity contribution in [3.05, 3.63) is 47.0 Å². The minimum absolute atomic E-state index is 0.325. The van der Waals surface area contributed by atoms with Crippen LogP contribution in [0.5, 0.6) is 11.5 Å². The van der Waals surface area contributed by atoms with Crippen LogP contribution in [-0.2, 0) is 0 Å². The Kier molecular flexibility index (Phi) is 3.29. The number of carboxylic acids is 1. The van der Waals surface area contributed by atoms with Crippen molar-refractivity contribution in [2.24, 2.45) is 0 Å². The van der Waals surface area contributed by atoms with E-state index in [9.17, 15) is 9.90 Å². The fraction of sp³-hybridized carbons (Fsp3) is 0.235. The number of aromatic carboxylic acids is 1. The van der Waals surface area contributed by atoms with Gasteiger partial charge in [-0.25, -0.2) is 4.79 Å². The van der Waals surface area contributed by atoms with E-state index in [0.29, 0.717) is 24.5 Å². The summed E-state index contributed by atoms with van der Waals surface area (Å²) in [5, 5.41) is 9.28. The molecule has 0 bridgehead atoms. The van der Waals surface area contributed by atoms with Crippen molar-refractivity contribution < 1.29 is 19.4 Å². The zero-order valence-corrected chi connectivity index (χ0v) is 12.0. The molecule has 0 aliphatic carbocycles. The summed E-state index contributed by atoms with van der Waals surface area (Å²) in [5.74, 6) is 0.523. The van der Waals surface area contributed by atoms with Crippen molar-refractivity contribution in [1.82, 2.24) is 0 Å². The van der Waals surface area contributed by atoms with Crippen molar-refractivity contribution in [2.45, 2.75) is 13.8 Å². The summed E-state index contributed by atoms with van der Waals surface area (Å²) in [6, 6.07) is 9.31. The first-order valence-electron chi connectivity index (χ1n) is 6.81. The molecule has 2 aromatic rings. The molecule has 4 heteroatoms. The van der Waals surface area contributed by atoms with Crippen LogP contribution in [0.4, 0.5) is 0 Å². The van der Waals surface area contributed by atoms with E-state index in [4.69, 9.17) is 9.47 Å². The second kappa shape index (κ2) is 5.13. The molecule has 0 radical (unpaired) electrons. The molecule has 0 atom stereocenters. The molecule has 0 amide bonds. The van der Waals surface area contributed by atoms with Gasteiger partial charge in [0.25, 0.3) is 0 Å². The highest BCUT2D eigenvalue weighted by molar-refractivity contribution is 5.91. The van der Waals surface area contributed by atoms with Crippen molar-refractivity contribution in [3.63, 3.8) is 0 Å². The van der Waals surface area contributed by atoms with Crippen molar-refractivity contribution in [1.29, 1.82) is 0 Å². The lowest BCUT2D eigenvalue weighted by Gasteiger charge is -2.19. The quantitative estimate of drug-likeness (QED) is 0.917. The fourth-order valence-corrected chi connectivity index (χ4v) is 2.60. The maximum absolute atomic E-state index is 11.3. The SMILES string of the molecule is Cc1cc(C)c(-c2ccc3c(c2)OCCO3)cc1C(=O)O. The Hall–Kier alpha value is -2.49. The van der Waals surface area contributed by atoms with Gasteiger partial charge in [0.05, 0.1) is 5.56 Å². The van der Waals surface area contributed by atoms with Crippen LogP contribution >= 0.6 is 0 Å². The summed E-state index contributed by atoms with van der Waals surface area (Å²) in [4.78, 5) is 11.3. The number of carboxylic acid groups (broad SMARTS) is 1. The van der Waals surface area contributed by atoms with Crippen LogP contribution < -0.4 is 9.47 Å². The van der Waals surface area contributed by atoms with E-state index in [1.807, 2.05) is 38.1 Å². The molecule has 4 nitrogen and oxygen atoms in total. The lowest BCUT2D eigenvalue weighted by atomic mass is 9.94. The standard InChI is InChI=1S/C17H16O4/c1-10-7-11(2)14(17(18)19)9-13(10)12-3-4-15-16(8-12)21-6-5-20-15/h3-4,7-9H,5-6H2,1-2H3,(H,18,19). The highest BCUT2D eigenvalue weighted by Gasteiger charge is 2.15. The van der Waals surface area contributed by atoms with Gasteiger partial charge in [0.15, 0.2) is 11.5 Å². The minimum atomic E-state index is -0.911. The van der Waals surface area contributed by atoms with Crippen LogP contribution in [0.3, 0.4) is 0 Å². The first-order valence-corrected chi connectivity index (χ1v) is 6.81. The van der Waals surface area contributed by atoms with Gasteiger partial charge in [-0.3, -0.25) is 0 Å². The first-order chi connectivity index (χ1) is 10.1. The molecule has 0 saturated heterocycles. The predicted molar refractivity (Wildman–Crippen MR) is 79.3 cm³/mol. The summed E-state index contributed by atoms with van der Waals surface area (Å²) in [6.07, 6.45) is 0. The minimum Gasteiger partial charge on any atom is -0.486 e. The molecular formula is C17H16O4. The van der Waals surface area contributed by atoms with Crippen LogP contribution in [-0.4, -0.2) is 24.3 Å². The predicted octanol–water partition coefficient (Wildman–Crippen LogP) is 3.44. The number of hydrogen-bond acceptors (Lipinski definition) is 3. The van der Waals surface area contributed by atoms with E-state index in [0.717, 1.165) is 28.0 Å². The van der Waals surface area contributed by atoms with Crippen LogP contribution in [0.15, 0.2) is 30.3 Å². The van der Waals surface area contributed by atoms with Gasteiger partial charge >= 0.3 is 5.97 Å². The van der Waals surface area contributed by atoms with E-state index < -0.39 is 5.97 Å². The van der Waals surface area contributed by atoms with Crippen LogP contribution in [0.25, 0.3) is 11.1 Å². The summed E-state index contributed by atoms with van der Waals surface area (Å²) in [5.41, 5.74) is 3.95. The Morgan fingerprint density at radius 3 is 2.43 bits per heavy atom. The second-order valence-corrected chi connectivity index (χ2v) is 5.15. The van der Waals surface area contributed by atoms with E-state index in [1.54, 1.807) is 6.07 Å². The third kappa shape index (κ3) is 2.44. The van der Waals surface area contributed by atoms with Gasteiger partial charge in [-0.1, -0.05) is 12.1 Å². The van der Waals surface area contributed by atoms with Gasteiger partial charge in [-0.05, 0) is 54.3 Å². The van der Waals surface area contributed by atoms with Gasteiger partial charge in [0.1, 0.15) is 13.2 Å². The Morgan fingerprint density at radius 1 is 1.00 bits per heavy atom. The lowest BCUT2D eigenvalue weighted by Crippen LogP contribution is -2.15. The Bertz CT molecular complexity index is 719. The number of fused-ring (bicyclic) bond motifs is 1. The van der Waals surface area contributed by atoms with Gasteiger partial charge < -0.3 is 14.6 Å². The van der Waals surface area contributed by atoms with Gasteiger partial charge in [0.2, 0.25) is 0 Å². The van der Waals surface area contributed by atoms with Crippen molar-refractivity contribution in [3.8, 4) is 22.6 Å². The lowest BCUT2D eigenvalue weighted by molar-refractivity contribution is 0.0696. The Labute approximate surface area is 122 Å². The van der Waals surface area contributed by atoms with Crippen LogP contribution in [0.2, 0.25) is 0 Å². The second-order valence-electron chi connectivity index (χ2n) is 5.15. The molecule has 1 aliphatic heterocycles. The smallest absolute Gasteiger partial charge is 0.335 e. The summed E-state index contributed by atoms with van der Waals surface area (Å²) < 4.78 is 11.1. The average molecular weight is 284 g/mol. The van der Waals surface area contributed by atoms with Gasteiger partial charge in [-0.2, -0.15) is 0 Å². The molecule has 108 valence electrons. The van der Waals surface area contributed by atoms with Crippen molar-refractivity contribution >= 4 is 5.97 Å². The largest absolute Gasteiger partial charge is 0.486 e. The molecule has 21 heavy (non-hydrogen) atoms. The number of benzene rings is 2. The number of carbonyl (C=O) groups is 1.